The molecule has 1 rings (SSSR count). The highest BCUT2D eigenvalue weighted by molar-refractivity contribution is 9.08. The van der Waals surface area contributed by atoms with Crippen molar-refractivity contribution >= 4 is 39.1 Å². The van der Waals surface area contributed by atoms with Crippen LogP contribution in [0.15, 0.2) is 12.1 Å². The zero-order valence-corrected chi connectivity index (χ0v) is 8.04. The molecule has 1 nitrogen and oxygen atoms in total. The van der Waals surface area contributed by atoms with E-state index in [0.717, 1.165) is 5.69 Å². The van der Waals surface area contributed by atoms with Gasteiger partial charge in [0.15, 0.2) is 0 Å². The summed E-state index contributed by atoms with van der Waals surface area (Å²) in [5.41, 5.74) is 0.884. The zero-order chi connectivity index (χ0) is 7.56. The highest BCUT2D eigenvalue weighted by Gasteiger charge is 1.98. The van der Waals surface area contributed by atoms with Gasteiger partial charge >= 0.3 is 0 Å². The lowest BCUT2D eigenvalue weighted by Gasteiger charge is -1.96. The van der Waals surface area contributed by atoms with Crippen LogP contribution in [0.25, 0.3) is 0 Å². The van der Waals surface area contributed by atoms with Gasteiger partial charge in [-0.2, -0.15) is 0 Å². The quantitative estimate of drug-likeness (QED) is 0.543. The third kappa shape index (κ3) is 1.84. The summed E-state index contributed by atoms with van der Waals surface area (Å²) in [4.78, 5) is 3.98. The maximum absolute atomic E-state index is 5.63. The van der Waals surface area contributed by atoms with E-state index in [2.05, 4.69) is 20.9 Å². The summed E-state index contributed by atoms with van der Waals surface area (Å²) in [6, 6.07) is 3.55. The molecule has 0 spiro atoms. The first-order chi connectivity index (χ1) is 4.74. The number of halogens is 3. The Morgan fingerprint density at radius 2 is 2.10 bits per heavy atom. The molecule has 0 aliphatic heterocycles. The first kappa shape index (κ1) is 8.31. The molecule has 0 bridgehead atoms. The van der Waals surface area contributed by atoms with Crippen LogP contribution >= 0.6 is 39.1 Å². The maximum Gasteiger partial charge on any atom is 0.147 e. The number of pyridine rings is 1. The summed E-state index contributed by atoms with van der Waals surface area (Å²) in [6.45, 7) is 0. The molecule has 0 saturated carbocycles. The number of alkyl halides is 1. The fraction of sp³-hybridized carbons (Fsp3) is 0.167. The van der Waals surface area contributed by atoms with Gasteiger partial charge < -0.3 is 0 Å². The smallest absolute Gasteiger partial charge is 0.147 e. The van der Waals surface area contributed by atoms with E-state index in [9.17, 15) is 0 Å². The van der Waals surface area contributed by atoms with E-state index >= 15 is 0 Å². The standard InChI is InChI=1S/C6H4BrCl2N/c7-3-4-1-2-5(8)6(9)10-4/h1-2H,3H2. The van der Waals surface area contributed by atoms with Crippen molar-refractivity contribution in [1.29, 1.82) is 0 Å². The van der Waals surface area contributed by atoms with Crippen molar-refractivity contribution < 1.29 is 0 Å². The summed E-state index contributed by atoms with van der Waals surface area (Å²) in [5, 5.41) is 1.55. The molecule has 0 N–H and O–H groups in total. The van der Waals surface area contributed by atoms with E-state index in [0.29, 0.717) is 15.5 Å². The molecule has 0 amide bonds. The number of nitrogens with zero attached hydrogens (tertiary/aromatic N) is 1. The molecule has 0 fully saturated rings. The van der Waals surface area contributed by atoms with Gasteiger partial charge in [0.1, 0.15) is 5.15 Å². The lowest BCUT2D eigenvalue weighted by Crippen LogP contribution is -1.84. The van der Waals surface area contributed by atoms with E-state index in [1.165, 1.54) is 0 Å². The van der Waals surface area contributed by atoms with Crippen molar-refractivity contribution in [3.8, 4) is 0 Å². The predicted octanol–water partition coefficient (Wildman–Crippen LogP) is 3.28. The topological polar surface area (TPSA) is 12.9 Å². The molecular formula is C6H4BrCl2N. The van der Waals surface area contributed by atoms with Gasteiger partial charge in [0.05, 0.1) is 10.7 Å². The number of hydrogen-bond donors (Lipinski definition) is 0. The van der Waals surface area contributed by atoms with Crippen LogP contribution in [-0.4, -0.2) is 4.98 Å². The van der Waals surface area contributed by atoms with Crippen LogP contribution in [0.4, 0.5) is 0 Å². The minimum atomic E-state index is 0.360. The van der Waals surface area contributed by atoms with Crippen molar-refractivity contribution in [3.05, 3.63) is 28.0 Å². The number of hydrogen-bond acceptors (Lipinski definition) is 1. The minimum Gasteiger partial charge on any atom is -0.239 e. The molecule has 0 saturated heterocycles. The normalized spacial score (nSPS) is 9.90. The van der Waals surface area contributed by atoms with Gasteiger partial charge in [-0.15, -0.1) is 0 Å². The molecule has 0 aromatic carbocycles. The van der Waals surface area contributed by atoms with Crippen LogP contribution in [-0.2, 0) is 5.33 Å². The summed E-state index contributed by atoms with van der Waals surface area (Å²) in [7, 11) is 0. The Kier molecular flexibility index (Phi) is 2.96. The lowest BCUT2D eigenvalue weighted by atomic mass is 10.4. The average Bonchev–Trinajstić information content (AvgIpc) is 1.95. The van der Waals surface area contributed by atoms with E-state index in [1.54, 1.807) is 6.07 Å². The van der Waals surface area contributed by atoms with Gasteiger partial charge in [0, 0.05) is 5.33 Å². The van der Waals surface area contributed by atoms with Crippen LogP contribution < -0.4 is 0 Å². The van der Waals surface area contributed by atoms with Gasteiger partial charge in [0.2, 0.25) is 0 Å². The molecule has 1 aromatic heterocycles. The second kappa shape index (κ2) is 3.56. The minimum absolute atomic E-state index is 0.360. The summed E-state index contributed by atoms with van der Waals surface area (Å²) in [6.07, 6.45) is 0. The van der Waals surface area contributed by atoms with Crippen LogP contribution in [0.1, 0.15) is 5.69 Å². The van der Waals surface area contributed by atoms with E-state index in [1.807, 2.05) is 6.07 Å². The van der Waals surface area contributed by atoms with Crippen molar-refractivity contribution in [3.63, 3.8) is 0 Å². The van der Waals surface area contributed by atoms with Gasteiger partial charge in [-0.1, -0.05) is 39.1 Å². The van der Waals surface area contributed by atoms with Crippen molar-refractivity contribution in [2.24, 2.45) is 0 Å². The summed E-state index contributed by atoms with van der Waals surface area (Å²) in [5.74, 6) is 0. The molecule has 54 valence electrons. The molecule has 0 atom stereocenters. The molecular weight excluding hydrogens is 237 g/mol. The number of aromatic nitrogens is 1. The van der Waals surface area contributed by atoms with Crippen LogP contribution in [0, 0.1) is 0 Å². The Bertz CT molecular complexity index is 239. The second-order valence-corrected chi connectivity index (χ2v) is 3.03. The highest BCUT2D eigenvalue weighted by Crippen LogP contribution is 2.19. The molecule has 1 aromatic rings. The highest BCUT2D eigenvalue weighted by atomic mass is 79.9. The Balaban J connectivity index is 3.04. The summed E-state index contributed by atoms with van der Waals surface area (Å²) < 4.78 is 0. The van der Waals surface area contributed by atoms with E-state index < -0.39 is 0 Å². The molecule has 0 unspecified atom stereocenters. The van der Waals surface area contributed by atoms with E-state index in [-0.39, 0.29) is 0 Å². The fourth-order valence-corrected chi connectivity index (χ4v) is 1.12. The lowest BCUT2D eigenvalue weighted by molar-refractivity contribution is 1.19. The van der Waals surface area contributed by atoms with E-state index in [4.69, 9.17) is 23.2 Å². The summed E-state index contributed by atoms with van der Waals surface area (Å²) >= 11 is 14.5. The molecule has 4 heteroatoms. The largest absolute Gasteiger partial charge is 0.239 e. The van der Waals surface area contributed by atoms with Crippen LogP contribution in [0.3, 0.4) is 0 Å². The van der Waals surface area contributed by atoms with Crippen molar-refractivity contribution in [2.45, 2.75) is 5.33 Å². The Hall–Kier alpha value is 0.210. The first-order valence-corrected chi connectivity index (χ1v) is 4.48. The zero-order valence-electron chi connectivity index (χ0n) is 4.94. The Labute approximate surface area is 77.5 Å². The number of rotatable bonds is 1. The Morgan fingerprint density at radius 1 is 1.40 bits per heavy atom. The second-order valence-electron chi connectivity index (χ2n) is 1.71. The average molecular weight is 241 g/mol. The molecule has 0 radical (unpaired) electrons. The van der Waals surface area contributed by atoms with Gasteiger partial charge in [-0.3, -0.25) is 0 Å². The molecule has 0 aliphatic carbocycles. The van der Waals surface area contributed by atoms with Crippen LogP contribution in [0.5, 0.6) is 0 Å². The van der Waals surface area contributed by atoms with Gasteiger partial charge in [-0.25, -0.2) is 4.98 Å². The third-order valence-corrected chi connectivity index (χ3v) is 2.26. The maximum atomic E-state index is 5.63. The molecule has 10 heavy (non-hydrogen) atoms. The molecule has 1 heterocycles. The first-order valence-electron chi connectivity index (χ1n) is 2.61. The van der Waals surface area contributed by atoms with Gasteiger partial charge in [-0.05, 0) is 12.1 Å². The van der Waals surface area contributed by atoms with Crippen LogP contribution in [0.2, 0.25) is 10.2 Å². The molecule has 0 aliphatic rings. The van der Waals surface area contributed by atoms with Gasteiger partial charge in [0.25, 0.3) is 0 Å². The van der Waals surface area contributed by atoms with Crippen molar-refractivity contribution in [1.82, 2.24) is 4.98 Å². The Morgan fingerprint density at radius 3 is 2.60 bits per heavy atom. The SMILES string of the molecule is Clc1ccc(CBr)nc1Cl. The van der Waals surface area contributed by atoms with Crippen molar-refractivity contribution in [2.75, 3.05) is 0 Å². The predicted molar refractivity (Wildman–Crippen MR) is 46.9 cm³/mol. The monoisotopic (exact) mass is 239 g/mol. The third-order valence-electron chi connectivity index (χ3n) is 0.998. The fourth-order valence-electron chi connectivity index (χ4n) is 0.529.